The van der Waals surface area contributed by atoms with E-state index < -0.39 is 17.2 Å². The molecule has 3 aliphatic heterocycles. The lowest BCUT2D eigenvalue weighted by Crippen LogP contribution is -2.36. The molecule has 11 heteroatoms. The van der Waals surface area contributed by atoms with Crippen LogP contribution in [0.15, 0.2) is 53.8 Å². The first-order valence-electron chi connectivity index (χ1n) is 13.9. The van der Waals surface area contributed by atoms with Gasteiger partial charge in [0.2, 0.25) is 5.43 Å². The van der Waals surface area contributed by atoms with Crippen molar-refractivity contribution in [2.45, 2.75) is 25.2 Å². The van der Waals surface area contributed by atoms with E-state index in [1.165, 1.54) is 12.3 Å². The van der Waals surface area contributed by atoms with Crippen LogP contribution in [-0.4, -0.2) is 64.6 Å². The molecule has 2 saturated heterocycles. The number of hydrogen-bond donors (Lipinski definition) is 1. The van der Waals surface area contributed by atoms with E-state index in [1.807, 2.05) is 4.90 Å². The van der Waals surface area contributed by atoms with Gasteiger partial charge in [0, 0.05) is 68.0 Å². The molecule has 2 aromatic heterocycles. The minimum atomic E-state index is -0.590. The number of aromatic nitrogens is 3. The molecule has 0 radical (unpaired) electrons. The van der Waals surface area contributed by atoms with Crippen LogP contribution in [0.2, 0.25) is 5.02 Å². The van der Waals surface area contributed by atoms with Gasteiger partial charge in [-0.3, -0.25) is 19.6 Å². The average Bonchev–Trinajstić information content (AvgIpc) is 3.67. The van der Waals surface area contributed by atoms with E-state index in [0.717, 1.165) is 44.6 Å². The van der Waals surface area contributed by atoms with Crippen LogP contribution in [0.1, 0.15) is 41.2 Å². The number of likely N-dealkylation sites (tertiary alicyclic amines) is 1. The molecule has 5 heterocycles. The zero-order chi connectivity index (χ0) is 28.1. The molecule has 3 aliphatic rings. The highest BCUT2D eigenvalue weighted by atomic mass is 35.5. The molecule has 0 spiro atoms. The summed E-state index contributed by atoms with van der Waals surface area (Å²) in [6.07, 6.45) is 9.62. The Kier molecular flexibility index (Phi) is 6.59. The van der Waals surface area contributed by atoms with Gasteiger partial charge in [-0.1, -0.05) is 11.6 Å². The van der Waals surface area contributed by atoms with Crippen LogP contribution in [0.5, 0.6) is 11.5 Å². The first-order valence-corrected chi connectivity index (χ1v) is 14.3. The molecule has 0 bridgehead atoms. The van der Waals surface area contributed by atoms with Crippen molar-refractivity contribution >= 4 is 34.1 Å². The molecule has 2 fully saturated rings. The minimum absolute atomic E-state index is 0.0521. The maximum atomic E-state index is 16.0. The molecule has 9 nitrogen and oxygen atoms in total. The van der Waals surface area contributed by atoms with Gasteiger partial charge in [0.15, 0.2) is 17.3 Å². The molecule has 1 N–H and O–H groups in total. The largest absolute Gasteiger partial charge is 0.451 e. The second kappa shape index (κ2) is 10.4. The van der Waals surface area contributed by atoms with E-state index in [9.17, 15) is 9.59 Å². The predicted molar refractivity (Wildman–Crippen MR) is 154 cm³/mol. The highest BCUT2D eigenvalue weighted by Gasteiger charge is 2.34. The fourth-order valence-electron chi connectivity index (χ4n) is 6.19. The Morgan fingerprint density at radius 3 is 2.83 bits per heavy atom. The highest BCUT2D eigenvalue weighted by molar-refractivity contribution is 6.30. The maximum absolute atomic E-state index is 16.0. The van der Waals surface area contributed by atoms with Crippen molar-refractivity contribution in [1.82, 2.24) is 24.8 Å². The molecule has 0 aliphatic carbocycles. The van der Waals surface area contributed by atoms with Crippen molar-refractivity contribution in [3.8, 4) is 17.2 Å². The summed E-state index contributed by atoms with van der Waals surface area (Å²) in [6.45, 7) is 4.26. The first kappa shape index (κ1) is 25.9. The van der Waals surface area contributed by atoms with Crippen LogP contribution in [0.3, 0.4) is 0 Å². The van der Waals surface area contributed by atoms with Crippen LogP contribution in [0.4, 0.5) is 10.1 Å². The Balaban J connectivity index is 1.31. The number of amides is 1. The predicted octanol–water partition coefficient (Wildman–Crippen LogP) is 4.50. The maximum Gasteiger partial charge on any atom is 0.256 e. The lowest BCUT2D eigenvalue weighted by atomic mass is 10.0. The third-order valence-corrected chi connectivity index (χ3v) is 8.46. The van der Waals surface area contributed by atoms with E-state index in [-0.39, 0.29) is 28.3 Å². The molecule has 1 unspecified atom stereocenters. The number of benzene rings is 2. The monoisotopic (exact) mass is 574 g/mol. The number of ether oxygens (including phenoxy) is 1. The number of hydrogen-bond acceptors (Lipinski definition) is 7. The van der Waals surface area contributed by atoms with Crippen molar-refractivity contribution in [2.75, 3.05) is 44.2 Å². The number of anilines is 1. The molecule has 4 aromatic rings. The van der Waals surface area contributed by atoms with Crippen LogP contribution in [0.25, 0.3) is 16.6 Å². The highest BCUT2D eigenvalue weighted by Crippen LogP contribution is 2.48. The lowest BCUT2D eigenvalue weighted by molar-refractivity contribution is 0.0948. The van der Waals surface area contributed by atoms with E-state index in [2.05, 4.69) is 20.2 Å². The van der Waals surface area contributed by atoms with Crippen LogP contribution in [0, 0.1) is 5.82 Å². The van der Waals surface area contributed by atoms with Crippen molar-refractivity contribution < 1.29 is 13.9 Å². The Morgan fingerprint density at radius 2 is 2.02 bits per heavy atom. The molecule has 41 heavy (non-hydrogen) atoms. The third kappa shape index (κ3) is 4.61. The lowest BCUT2D eigenvalue weighted by Gasteiger charge is -2.29. The summed E-state index contributed by atoms with van der Waals surface area (Å²) in [5.41, 5.74) is 1.54. The number of nitrogens with one attached hydrogen (secondary N) is 1. The van der Waals surface area contributed by atoms with Gasteiger partial charge < -0.3 is 24.4 Å². The quantitative estimate of drug-likeness (QED) is 0.319. The van der Waals surface area contributed by atoms with Gasteiger partial charge in [0.05, 0.1) is 16.8 Å². The number of nitrogens with zero attached hydrogens (tertiary/aromatic N) is 5. The van der Waals surface area contributed by atoms with Crippen molar-refractivity contribution in [3.63, 3.8) is 0 Å². The van der Waals surface area contributed by atoms with Gasteiger partial charge in [-0.2, -0.15) is 0 Å². The average molecular weight is 575 g/mol. The fourth-order valence-corrected chi connectivity index (χ4v) is 6.36. The number of carbonyl (C=O) groups excluding carboxylic acids is 1. The Hall–Kier alpha value is -4.02. The number of rotatable bonds is 6. The van der Waals surface area contributed by atoms with Gasteiger partial charge in [-0.15, -0.1) is 0 Å². The summed E-state index contributed by atoms with van der Waals surface area (Å²) in [5, 5.41) is 3.41. The fraction of sp³-hybridized carbons (Fsp3) is 0.333. The topological polar surface area (TPSA) is 92.6 Å². The minimum Gasteiger partial charge on any atom is -0.451 e. The summed E-state index contributed by atoms with van der Waals surface area (Å²) < 4.78 is 24.1. The van der Waals surface area contributed by atoms with Crippen LogP contribution in [-0.2, 0) is 0 Å². The number of carbonyl (C=O) groups is 1. The van der Waals surface area contributed by atoms with Crippen molar-refractivity contribution in [3.05, 3.63) is 81.4 Å². The van der Waals surface area contributed by atoms with Gasteiger partial charge in [-0.05, 0) is 50.6 Å². The summed E-state index contributed by atoms with van der Waals surface area (Å²) >= 11 is 6.30. The van der Waals surface area contributed by atoms with Gasteiger partial charge in [-0.25, -0.2) is 4.39 Å². The van der Waals surface area contributed by atoms with E-state index in [4.69, 9.17) is 16.3 Å². The van der Waals surface area contributed by atoms with Gasteiger partial charge >= 0.3 is 0 Å². The van der Waals surface area contributed by atoms with Crippen LogP contribution >= 0.6 is 11.6 Å². The molecule has 1 atom stereocenters. The summed E-state index contributed by atoms with van der Waals surface area (Å²) in [5.74, 6) is -0.364. The smallest absolute Gasteiger partial charge is 0.256 e. The van der Waals surface area contributed by atoms with Crippen molar-refractivity contribution in [2.24, 2.45) is 0 Å². The summed E-state index contributed by atoms with van der Waals surface area (Å²) in [6, 6.07) is 6.36. The molecule has 1 amide bonds. The Labute approximate surface area is 240 Å². The molecule has 2 aromatic carbocycles. The summed E-state index contributed by atoms with van der Waals surface area (Å²) in [7, 11) is 0. The molecular weight excluding hydrogens is 547 g/mol. The Bertz CT molecular complexity index is 1720. The first-order chi connectivity index (χ1) is 20.0. The molecular formula is C30H28ClFN6O3. The number of pyridine rings is 1. The zero-order valence-electron chi connectivity index (χ0n) is 22.3. The Morgan fingerprint density at radius 1 is 1.17 bits per heavy atom. The molecule has 7 rings (SSSR count). The zero-order valence-corrected chi connectivity index (χ0v) is 23.0. The van der Waals surface area contributed by atoms with E-state index >= 15 is 4.39 Å². The van der Waals surface area contributed by atoms with Gasteiger partial charge in [0.25, 0.3) is 5.91 Å². The third-order valence-electron chi connectivity index (χ3n) is 8.23. The van der Waals surface area contributed by atoms with E-state index in [1.54, 1.807) is 41.4 Å². The second-order valence-corrected chi connectivity index (χ2v) is 11.2. The SMILES string of the molecule is O=C(NCCN1CCCC1)c1cn2c3c(c(N4CCC(c5cnccn5)C4)c(F)cc3c1=O)Oc1cc(Cl)ccc1-2. The molecule has 210 valence electrons. The van der Waals surface area contributed by atoms with Gasteiger partial charge in [0.1, 0.15) is 16.8 Å². The van der Waals surface area contributed by atoms with Crippen LogP contribution < -0.4 is 20.4 Å². The number of halogens is 2. The van der Waals surface area contributed by atoms with Crippen molar-refractivity contribution in [1.29, 1.82) is 0 Å². The molecule has 0 saturated carbocycles. The van der Waals surface area contributed by atoms with E-state index in [0.29, 0.717) is 41.6 Å². The second-order valence-electron chi connectivity index (χ2n) is 10.8. The summed E-state index contributed by atoms with van der Waals surface area (Å²) in [4.78, 5) is 39.7. The normalized spacial score (nSPS) is 18.0. The number of fused-ring (bicyclic) bond motifs is 2. The standard InChI is InChI=1S/C30H28ClFN6O3/c31-19-3-4-24-25(13-19)41-29-26-20(14-22(32)27(29)37-11-5-18(16-37)23-15-33-6-7-34-23)28(39)21(17-38(24)26)30(40)35-8-12-36-9-1-2-10-36/h3-4,6-7,13-15,17-18H,1-2,5,8-12,16H2,(H,35,40).